The lowest BCUT2D eigenvalue weighted by Crippen LogP contribution is -2.41. The van der Waals surface area contributed by atoms with Gasteiger partial charge in [0, 0.05) is 17.1 Å². The number of carbonyl (C=O) groups excluding carboxylic acids is 1. The summed E-state index contributed by atoms with van der Waals surface area (Å²) in [6.45, 7) is 1.55. The summed E-state index contributed by atoms with van der Waals surface area (Å²) in [5.74, 6) is 0.292. The molecule has 9 heteroatoms. The van der Waals surface area contributed by atoms with E-state index in [9.17, 15) is 13.2 Å². The minimum Gasteiger partial charge on any atom is -0.493 e. The number of hydrogen-bond acceptors (Lipinski definition) is 5. The fourth-order valence-corrected chi connectivity index (χ4v) is 5.26. The molecule has 0 aliphatic carbocycles. The van der Waals surface area contributed by atoms with Crippen LogP contribution in [0.3, 0.4) is 0 Å². The van der Waals surface area contributed by atoms with E-state index in [1.54, 1.807) is 0 Å². The predicted octanol–water partition coefficient (Wildman–Crippen LogP) is 4.53. The highest BCUT2D eigenvalue weighted by Crippen LogP contribution is 2.31. The Bertz CT molecular complexity index is 1240. The van der Waals surface area contributed by atoms with Crippen molar-refractivity contribution in [3.8, 4) is 11.5 Å². The van der Waals surface area contributed by atoms with Gasteiger partial charge in [0.1, 0.15) is 0 Å². The van der Waals surface area contributed by atoms with Crippen molar-refractivity contribution in [3.05, 3.63) is 88.4 Å². The zero-order valence-electron chi connectivity index (χ0n) is 19.2. The Hall–Kier alpha value is -2.88. The van der Waals surface area contributed by atoms with Gasteiger partial charge in [-0.3, -0.25) is 4.79 Å². The van der Waals surface area contributed by atoms with E-state index >= 15 is 0 Å². The Balaban J connectivity index is 1.88. The van der Waals surface area contributed by atoms with E-state index < -0.39 is 15.9 Å². The second-order valence-electron chi connectivity index (χ2n) is 7.62. The summed E-state index contributed by atoms with van der Waals surface area (Å²) in [5, 5.41) is 2.89. The number of amides is 1. The normalized spacial score (nSPS) is 12.3. The number of rotatable bonds is 10. The summed E-state index contributed by atoms with van der Waals surface area (Å²) in [6.07, 6.45) is 0. The average molecular weight is 547 g/mol. The molecule has 3 aromatic carbocycles. The molecule has 0 bridgehead atoms. The quantitative estimate of drug-likeness (QED) is 0.403. The van der Waals surface area contributed by atoms with Crippen molar-refractivity contribution < 1.29 is 22.7 Å². The van der Waals surface area contributed by atoms with Crippen molar-refractivity contribution in [3.63, 3.8) is 0 Å². The molecule has 7 nitrogen and oxygen atoms in total. The zero-order chi connectivity index (χ0) is 24.7. The van der Waals surface area contributed by atoms with Gasteiger partial charge in [-0.05, 0) is 42.3 Å². The molecule has 180 valence electrons. The van der Waals surface area contributed by atoms with Crippen LogP contribution in [0.25, 0.3) is 0 Å². The number of hydrogen-bond donors (Lipinski definition) is 1. The molecule has 0 spiro atoms. The molecule has 0 saturated heterocycles. The summed E-state index contributed by atoms with van der Waals surface area (Å²) in [7, 11) is -1.12. The monoisotopic (exact) mass is 546 g/mol. The highest BCUT2D eigenvalue weighted by atomic mass is 79.9. The Kier molecular flexibility index (Phi) is 8.71. The first kappa shape index (κ1) is 25.7. The van der Waals surface area contributed by atoms with E-state index in [0.717, 1.165) is 19.9 Å². The van der Waals surface area contributed by atoms with Gasteiger partial charge in [0.15, 0.2) is 11.5 Å². The second-order valence-corrected chi connectivity index (χ2v) is 10.5. The first-order chi connectivity index (χ1) is 16.2. The van der Waals surface area contributed by atoms with Gasteiger partial charge in [0.2, 0.25) is 15.9 Å². The maximum atomic E-state index is 13.6. The molecule has 0 unspecified atom stereocenters. The summed E-state index contributed by atoms with van der Waals surface area (Å²) in [5.41, 5.74) is 1.67. The smallest absolute Gasteiger partial charge is 0.243 e. The van der Waals surface area contributed by atoms with Crippen LogP contribution in [-0.4, -0.2) is 39.4 Å². The van der Waals surface area contributed by atoms with Crippen LogP contribution in [0.2, 0.25) is 0 Å². The molecule has 1 atom stereocenters. The molecule has 3 aromatic rings. The lowest BCUT2D eigenvalue weighted by molar-refractivity contribution is -0.122. The standard InChI is InChI=1S/C25H27BrN2O5S/c1-18(20-10-7-11-21(26)14-20)27-25(29)17-28(16-19-8-5-4-6-9-19)34(30,31)22-12-13-23(32-2)24(15-22)33-3/h4-15,18H,16-17H2,1-3H3,(H,27,29)/t18-/m0/s1. The number of benzene rings is 3. The fraction of sp³-hybridized carbons (Fsp3) is 0.240. The number of methoxy groups -OCH3 is 2. The van der Waals surface area contributed by atoms with E-state index in [4.69, 9.17) is 9.47 Å². The molecule has 0 saturated carbocycles. The van der Waals surface area contributed by atoms with Gasteiger partial charge in [-0.1, -0.05) is 58.4 Å². The number of nitrogens with zero attached hydrogens (tertiary/aromatic N) is 1. The summed E-state index contributed by atoms with van der Waals surface area (Å²) < 4.78 is 39.7. The molecule has 0 aliphatic rings. The highest BCUT2D eigenvalue weighted by Gasteiger charge is 2.28. The topological polar surface area (TPSA) is 84.9 Å². The van der Waals surface area contributed by atoms with Crippen LogP contribution < -0.4 is 14.8 Å². The molecular weight excluding hydrogens is 520 g/mol. The molecular formula is C25H27BrN2O5S. The summed E-state index contributed by atoms with van der Waals surface area (Å²) >= 11 is 3.43. The zero-order valence-corrected chi connectivity index (χ0v) is 21.6. The van der Waals surface area contributed by atoms with Gasteiger partial charge in [-0.2, -0.15) is 4.31 Å². The first-order valence-electron chi connectivity index (χ1n) is 10.6. The van der Waals surface area contributed by atoms with Gasteiger partial charge >= 0.3 is 0 Å². The number of carbonyl (C=O) groups is 1. The first-order valence-corrected chi connectivity index (χ1v) is 12.8. The van der Waals surface area contributed by atoms with Crippen LogP contribution in [0.5, 0.6) is 11.5 Å². The van der Waals surface area contributed by atoms with Gasteiger partial charge < -0.3 is 14.8 Å². The fourth-order valence-electron chi connectivity index (χ4n) is 3.45. The summed E-state index contributed by atoms with van der Waals surface area (Å²) in [6, 6.07) is 20.8. The molecule has 0 aliphatic heterocycles. The third-order valence-electron chi connectivity index (χ3n) is 5.24. The molecule has 0 radical (unpaired) electrons. The van der Waals surface area contributed by atoms with Gasteiger partial charge in [-0.25, -0.2) is 8.42 Å². The van der Waals surface area contributed by atoms with Gasteiger partial charge in [0.25, 0.3) is 0 Å². The molecule has 0 heterocycles. The van der Waals surface area contributed by atoms with Crippen LogP contribution in [0, 0.1) is 0 Å². The molecule has 1 amide bonds. The Morgan fingerprint density at radius 3 is 2.32 bits per heavy atom. The SMILES string of the molecule is COc1ccc(S(=O)(=O)N(CC(=O)N[C@@H](C)c2cccc(Br)c2)Cc2ccccc2)cc1OC. The largest absolute Gasteiger partial charge is 0.493 e. The Labute approximate surface area is 208 Å². The Morgan fingerprint density at radius 2 is 1.68 bits per heavy atom. The van der Waals surface area contributed by atoms with Crippen molar-refractivity contribution >= 4 is 31.9 Å². The van der Waals surface area contributed by atoms with Crippen molar-refractivity contribution in [1.29, 1.82) is 0 Å². The Morgan fingerprint density at radius 1 is 0.971 bits per heavy atom. The van der Waals surface area contributed by atoms with E-state index in [2.05, 4.69) is 21.2 Å². The van der Waals surface area contributed by atoms with E-state index in [1.807, 2.05) is 61.5 Å². The molecule has 3 rings (SSSR count). The molecule has 34 heavy (non-hydrogen) atoms. The van der Waals surface area contributed by atoms with Crippen molar-refractivity contribution in [2.75, 3.05) is 20.8 Å². The predicted molar refractivity (Wildman–Crippen MR) is 134 cm³/mol. The van der Waals surface area contributed by atoms with Crippen LogP contribution in [-0.2, 0) is 21.4 Å². The van der Waals surface area contributed by atoms with Crippen LogP contribution in [0.1, 0.15) is 24.1 Å². The van der Waals surface area contributed by atoms with Crippen molar-refractivity contribution in [2.45, 2.75) is 24.4 Å². The van der Waals surface area contributed by atoms with E-state index in [1.165, 1.54) is 32.4 Å². The minimum absolute atomic E-state index is 0.00826. The lowest BCUT2D eigenvalue weighted by Gasteiger charge is -2.24. The van der Waals surface area contributed by atoms with Crippen LogP contribution in [0.4, 0.5) is 0 Å². The van der Waals surface area contributed by atoms with Gasteiger partial charge in [-0.15, -0.1) is 0 Å². The van der Waals surface area contributed by atoms with Crippen LogP contribution >= 0.6 is 15.9 Å². The number of halogens is 1. The number of nitrogens with one attached hydrogen (secondary N) is 1. The maximum Gasteiger partial charge on any atom is 0.243 e. The van der Waals surface area contributed by atoms with Crippen molar-refractivity contribution in [1.82, 2.24) is 9.62 Å². The summed E-state index contributed by atoms with van der Waals surface area (Å²) in [4.78, 5) is 12.9. The number of sulfonamides is 1. The lowest BCUT2D eigenvalue weighted by atomic mass is 10.1. The van der Waals surface area contributed by atoms with Crippen LogP contribution in [0.15, 0.2) is 82.2 Å². The molecule has 0 aromatic heterocycles. The minimum atomic E-state index is -4.03. The van der Waals surface area contributed by atoms with E-state index in [0.29, 0.717) is 5.75 Å². The maximum absolute atomic E-state index is 13.6. The number of ether oxygens (including phenoxy) is 2. The third-order valence-corrected chi connectivity index (χ3v) is 7.52. The molecule has 0 fully saturated rings. The molecule has 1 N–H and O–H groups in total. The highest BCUT2D eigenvalue weighted by molar-refractivity contribution is 9.10. The third kappa shape index (κ3) is 6.37. The van der Waals surface area contributed by atoms with Crippen molar-refractivity contribution in [2.24, 2.45) is 0 Å². The van der Waals surface area contributed by atoms with E-state index in [-0.39, 0.29) is 29.8 Å². The second kappa shape index (κ2) is 11.5. The average Bonchev–Trinajstić information content (AvgIpc) is 2.83. The van der Waals surface area contributed by atoms with Gasteiger partial charge in [0.05, 0.1) is 31.7 Å².